The summed E-state index contributed by atoms with van der Waals surface area (Å²) in [4.78, 5) is 0. The molecule has 0 aliphatic carbocycles. The zero-order valence-corrected chi connectivity index (χ0v) is 9.85. The minimum atomic E-state index is 0.674. The first kappa shape index (κ1) is 12.7. The molecule has 3 nitrogen and oxygen atoms in total. The Morgan fingerprint density at radius 2 is 2.33 bits per heavy atom. The maximum Gasteiger partial charge on any atom is 0.0672 e. The van der Waals surface area contributed by atoms with Crippen LogP contribution in [0.4, 0.5) is 0 Å². The second-order valence-corrected chi connectivity index (χ2v) is 4.34. The van der Waals surface area contributed by atoms with Gasteiger partial charge in [-0.1, -0.05) is 12.2 Å². The highest BCUT2D eigenvalue weighted by Gasteiger charge is 2.09. The monoisotopic (exact) mass is 212 g/mol. The van der Waals surface area contributed by atoms with Gasteiger partial charge in [-0.3, -0.25) is 0 Å². The number of hydrogen-bond acceptors (Lipinski definition) is 3. The predicted octanol–water partition coefficient (Wildman–Crippen LogP) is 1.31. The highest BCUT2D eigenvalue weighted by molar-refractivity contribution is 4.87. The largest absolute Gasteiger partial charge is 0.376 e. The first-order valence-corrected chi connectivity index (χ1v) is 5.95. The van der Waals surface area contributed by atoms with Crippen LogP contribution in [-0.4, -0.2) is 38.9 Å². The van der Waals surface area contributed by atoms with Crippen molar-refractivity contribution in [2.24, 2.45) is 0 Å². The summed E-state index contributed by atoms with van der Waals surface area (Å²) in [5.41, 5.74) is 1.09. The maximum atomic E-state index is 5.44. The van der Waals surface area contributed by atoms with Crippen LogP contribution in [0.1, 0.15) is 26.2 Å². The van der Waals surface area contributed by atoms with E-state index in [4.69, 9.17) is 4.74 Å². The molecule has 1 rings (SSSR count). The third-order valence-electron chi connectivity index (χ3n) is 2.60. The van der Waals surface area contributed by atoms with Crippen molar-refractivity contribution in [3.63, 3.8) is 0 Å². The third-order valence-corrected chi connectivity index (χ3v) is 2.60. The van der Waals surface area contributed by atoms with Crippen molar-refractivity contribution in [1.29, 1.82) is 0 Å². The van der Waals surface area contributed by atoms with Gasteiger partial charge in [-0.25, -0.2) is 0 Å². The standard InChI is InChI=1S/C12H24N2O/c1-11(2)10-15-9-8-14-12-4-3-6-13-7-5-12/h12-14H,1,3-10H2,2H3. The topological polar surface area (TPSA) is 33.3 Å². The molecule has 2 N–H and O–H groups in total. The molecule has 1 saturated heterocycles. The van der Waals surface area contributed by atoms with Gasteiger partial charge in [-0.15, -0.1) is 0 Å². The molecule has 0 spiro atoms. The van der Waals surface area contributed by atoms with Gasteiger partial charge in [0.25, 0.3) is 0 Å². The van der Waals surface area contributed by atoms with Crippen LogP contribution >= 0.6 is 0 Å². The zero-order chi connectivity index (χ0) is 10.9. The molecule has 3 heteroatoms. The van der Waals surface area contributed by atoms with Gasteiger partial charge < -0.3 is 15.4 Å². The fourth-order valence-corrected chi connectivity index (χ4v) is 1.80. The van der Waals surface area contributed by atoms with E-state index in [1.807, 2.05) is 6.92 Å². The number of hydrogen-bond donors (Lipinski definition) is 2. The van der Waals surface area contributed by atoms with Crippen LogP contribution in [0.2, 0.25) is 0 Å². The van der Waals surface area contributed by atoms with Crippen LogP contribution in [0.25, 0.3) is 0 Å². The van der Waals surface area contributed by atoms with E-state index in [2.05, 4.69) is 17.2 Å². The number of rotatable bonds is 6. The summed E-state index contributed by atoms with van der Waals surface area (Å²) in [6, 6.07) is 0.674. The molecule has 1 heterocycles. The van der Waals surface area contributed by atoms with Crippen LogP contribution in [0.15, 0.2) is 12.2 Å². The molecule has 1 fully saturated rings. The molecular formula is C12H24N2O. The quantitative estimate of drug-likeness (QED) is 0.514. The van der Waals surface area contributed by atoms with Crippen molar-refractivity contribution in [3.8, 4) is 0 Å². The Morgan fingerprint density at radius 3 is 3.13 bits per heavy atom. The summed E-state index contributed by atoms with van der Waals surface area (Å²) in [7, 11) is 0. The Labute approximate surface area is 93.3 Å². The summed E-state index contributed by atoms with van der Waals surface area (Å²) in [5.74, 6) is 0. The van der Waals surface area contributed by atoms with Gasteiger partial charge in [0, 0.05) is 12.6 Å². The SMILES string of the molecule is C=C(C)COCCNC1CCCNCC1. The summed E-state index contributed by atoms with van der Waals surface area (Å²) < 4.78 is 5.44. The molecule has 0 radical (unpaired) electrons. The van der Waals surface area contributed by atoms with Gasteiger partial charge in [0.05, 0.1) is 13.2 Å². The summed E-state index contributed by atoms with van der Waals surface area (Å²) in [6.45, 7) is 10.5. The van der Waals surface area contributed by atoms with Crippen molar-refractivity contribution in [2.75, 3.05) is 32.8 Å². The van der Waals surface area contributed by atoms with Crippen molar-refractivity contribution in [1.82, 2.24) is 10.6 Å². The van der Waals surface area contributed by atoms with Crippen molar-refractivity contribution in [2.45, 2.75) is 32.2 Å². The molecule has 0 saturated carbocycles. The van der Waals surface area contributed by atoms with Gasteiger partial charge >= 0.3 is 0 Å². The molecule has 1 aliphatic rings. The minimum Gasteiger partial charge on any atom is -0.376 e. The minimum absolute atomic E-state index is 0.674. The number of ether oxygens (including phenoxy) is 1. The van der Waals surface area contributed by atoms with E-state index in [1.54, 1.807) is 0 Å². The van der Waals surface area contributed by atoms with Gasteiger partial charge in [0.2, 0.25) is 0 Å². The van der Waals surface area contributed by atoms with Gasteiger partial charge in [-0.05, 0) is 39.3 Å². The van der Waals surface area contributed by atoms with Crippen LogP contribution in [-0.2, 0) is 4.74 Å². The molecule has 0 bridgehead atoms. The van der Waals surface area contributed by atoms with Crippen molar-refractivity contribution >= 4 is 0 Å². The molecule has 1 aliphatic heterocycles. The van der Waals surface area contributed by atoms with E-state index in [0.717, 1.165) is 25.3 Å². The lowest BCUT2D eigenvalue weighted by Gasteiger charge is -2.15. The lowest BCUT2D eigenvalue weighted by atomic mass is 10.1. The van der Waals surface area contributed by atoms with E-state index >= 15 is 0 Å². The smallest absolute Gasteiger partial charge is 0.0672 e. The van der Waals surface area contributed by atoms with Crippen molar-refractivity contribution in [3.05, 3.63) is 12.2 Å². The molecule has 1 unspecified atom stereocenters. The van der Waals surface area contributed by atoms with Gasteiger partial charge in [-0.2, -0.15) is 0 Å². The molecule has 0 aromatic carbocycles. The summed E-state index contributed by atoms with van der Waals surface area (Å²) in [5, 5.41) is 6.95. The summed E-state index contributed by atoms with van der Waals surface area (Å²) in [6.07, 6.45) is 3.80. The summed E-state index contributed by atoms with van der Waals surface area (Å²) >= 11 is 0. The highest BCUT2D eigenvalue weighted by atomic mass is 16.5. The fraction of sp³-hybridized carbons (Fsp3) is 0.833. The molecule has 0 aromatic heterocycles. The Bertz CT molecular complexity index is 174. The first-order valence-electron chi connectivity index (χ1n) is 5.95. The second-order valence-electron chi connectivity index (χ2n) is 4.34. The third kappa shape index (κ3) is 6.66. The molecule has 88 valence electrons. The normalized spacial score (nSPS) is 22.3. The lowest BCUT2D eigenvalue weighted by molar-refractivity contribution is 0.154. The van der Waals surface area contributed by atoms with Crippen LogP contribution in [0.5, 0.6) is 0 Å². The Morgan fingerprint density at radius 1 is 1.47 bits per heavy atom. The predicted molar refractivity (Wildman–Crippen MR) is 64.1 cm³/mol. The zero-order valence-electron chi connectivity index (χ0n) is 9.85. The van der Waals surface area contributed by atoms with E-state index in [9.17, 15) is 0 Å². The average molecular weight is 212 g/mol. The lowest BCUT2D eigenvalue weighted by Crippen LogP contribution is -2.32. The van der Waals surface area contributed by atoms with Gasteiger partial charge in [0.1, 0.15) is 0 Å². The van der Waals surface area contributed by atoms with E-state index < -0.39 is 0 Å². The Balaban J connectivity index is 1.96. The molecular weight excluding hydrogens is 188 g/mol. The molecule has 0 amide bonds. The van der Waals surface area contributed by atoms with Crippen LogP contribution < -0.4 is 10.6 Å². The molecule has 1 atom stereocenters. The van der Waals surface area contributed by atoms with E-state index in [1.165, 1.54) is 25.8 Å². The fourth-order valence-electron chi connectivity index (χ4n) is 1.80. The Hall–Kier alpha value is -0.380. The van der Waals surface area contributed by atoms with Crippen molar-refractivity contribution < 1.29 is 4.74 Å². The molecule has 0 aromatic rings. The first-order chi connectivity index (χ1) is 7.29. The highest BCUT2D eigenvalue weighted by Crippen LogP contribution is 2.04. The van der Waals surface area contributed by atoms with E-state index in [-0.39, 0.29) is 0 Å². The second kappa shape index (κ2) is 7.85. The number of nitrogens with one attached hydrogen (secondary N) is 2. The average Bonchev–Trinajstić information content (AvgIpc) is 2.45. The Kier molecular flexibility index (Phi) is 6.64. The van der Waals surface area contributed by atoms with Gasteiger partial charge in [0.15, 0.2) is 0 Å². The molecule has 15 heavy (non-hydrogen) atoms. The maximum absolute atomic E-state index is 5.44. The van der Waals surface area contributed by atoms with Crippen LogP contribution in [0.3, 0.4) is 0 Å². The van der Waals surface area contributed by atoms with E-state index in [0.29, 0.717) is 12.6 Å². The van der Waals surface area contributed by atoms with Crippen LogP contribution in [0, 0.1) is 0 Å².